The Morgan fingerprint density at radius 3 is 2.80 bits per heavy atom. The van der Waals surface area contributed by atoms with Crippen LogP contribution >= 0.6 is 0 Å². The average Bonchev–Trinajstić information content (AvgIpc) is 2.46. The van der Waals surface area contributed by atoms with Gasteiger partial charge in [-0.2, -0.15) is 0 Å². The van der Waals surface area contributed by atoms with Crippen molar-refractivity contribution in [2.75, 3.05) is 6.61 Å². The summed E-state index contributed by atoms with van der Waals surface area (Å²) in [5, 5.41) is 0. The molecule has 20 heavy (non-hydrogen) atoms. The molecule has 0 aliphatic carbocycles. The molecule has 2 aromatic carbocycles. The van der Waals surface area contributed by atoms with Gasteiger partial charge in [0.05, 0.1) is 6.04 Å². The summed E-state index contributed by atoms with van der Waals surface area (Å²) in [5.41, 5.74) is 6.90. The minimum Gasteiger partial charge on any atom is -0.489 e. The monoisotopic (exact) mass is 277 g/mol. The zero-order valence-electron chi connectivity index (χ0n) is 10.6. The first-order valence-corrected chi connectivity index (χ1v) is 6.24. The molecule has 0 bridgehead atoms. The Morgan fingerprint density at radius 2 is 1.95 bits per heavy atom. The molecule has 5 heteroatoms. The number of rotatable bonds is 2. The van der Waals surface area contributed by atoms with Crippen LogP contribution in [0.4, 0.5) is 8.78 Å². The fourth-order valence-corrected chi connectivity index (χ4v) is 2.20. The van der Waals surface area contributed by atoms with Gasteiger partial charge in [-0.1, -0.05) is 18.2 Å². The van der Waals surface area contributed by atoms with Crippen molar-refractivity contribution >= 4 is 0 Å². The molecule has 0 saturated heterocycles. The Morgan fingerprint density at radius 1 is 1.15 bits per heavy atom. The number of para-hydroxylation sites is 1. The summed E-state index contributed by atoms with van der Waals surface area (Å²) in [4.78, 5) is 0. The Hall–Kier alpha value is -2.14. The van der Waals surface area contributed by atoms with Crippen molar-refractivity contribution in [1.29, 1.82) is 0 Å². The number of hydrogen-bond donors (Lipinski definition) is 1. The van der Waals surface area contributed by atoms with Crippen LogP contribution in [0.3, 0.4) is 0 Å². The first-order chi connectivity index (χ1) is 9.65. The lowest BCUT2D eigenvalue weighted by atomic mass is 9.99. The van der Waals surface area contributed by atoms with Crippen molar-refractivity contribution in [2.45, 2.75) is 12.1 Å². The summed E-state index contributed by atoms with van der Waals surface area (Å²) in [6.45, 7) is 0.189. The predicted octanol–water partition coefficient (Wildman–Crippen LogP) is 2.80. The summed E-state index contributed by atoms with van der Waals surface area (Å²) in [6, 6.07) is 9.94. The predicted molar refractivity (Wildman–Crippen MR) is 69.6 cm³/mol. The van der Waals surface area contributed by atoms with E-state index in [1.807, 2.05) is 24.3 Å². The lowest BCUT2D eigenvalue weighted by molar-refractivity contribution is 0.0839. The van der Waals surface area contributed by atoms with Crippen LogP contribution in [0, 0.1) is 11.6 Å². The highest BCUT2D eigenvalue weighted by molar-refractivity contribution is 5.38. The molecular formula is C15H13F2NO2. The highest BCUT2D eigenvalue weighted by atomic mass is 19.1. The number of fused-ring (bicyclic) bond motifs is 1. The first kappa shape index (κ1) is 12.9. The molecule has 0 saturated carbocycles. The molecule has 3 rings (SSSR count). The second-order valence-electron chi connectivity index (χ2n) is 4.61. The Balaban J connectivity index is 1.84. The summed E-state index contributed by atoms with van der Waals surface area (Å²) in [7, 11) is 0. The van der Waals surface area contributed by atoms with Crippen LogP contribution in [0.25, 0.3) is 0 Å². The second-order valence-corrected chi connectivity index (χ2v) is 4.61. The molecule has 2 aromatic rings. The maximum absolute atomic E-state index is 13.6. The summed E-state index contributed by atoms with van der Waals surface area (Å²) < 4.78 is 37.7. The molecule has 0 fully saturated rings. The van der Waals surface area contributed by atoms with Gasteiger partial charge in [-0.3, -0.25) is 0 Å². The molecule has 2 atom stereocenters. The second kappa shape index (κ2) is 5.09. The van der Waals surface area contributed by atoms with E-state index in [4.69, 9.17) is 15.2 Å². The molecule has 2 N–H and O–H groups in total. The summed E-state index contributed by atoms with van der Waals surface area (Å²) in [6.07, 6.45) is -0.568. The fourth-order valence-electron chi connectivity index (χ4n) is 2.20. The Kier molecular flexibility index (Phi) is 3.28. The minimum atomic E-state index is -0.627. The van der Waals surface area contributed by atoms with Crippen LogP contribution in [-0.4, -0.2) is 12.7 Å². The number of ether oxygens (including phenoxy) is 2. The molecule has 0 spiro atoms. The van der Waals surface area contributed by atoms with Crippen LogP contribution in [0.5, 0.6) is 11.5 Å². The quantitative estimate of drug-likeness (QED) is 0.918. The molecule has 2 unspecified atom stereocenters. The number of halogens is 2. The van der Waals surface area contributed by atoms with Gasteiger partial charge in [0.2, 0.25) is 0 Å². The lowest BCUT2D eigenvalue weighted by Crippen LogP contribution is -2.40. The maximum atomic E-state index is 13.6. The van der Waals surface area contributed by atoms with Gasteiger partial charge < -0.3 is 15.2 Å². The third kappa shape index (κ3) is 2.32. The highest BCUT2D eigenvalue weighted by Crippen LogP contribution is 2.32. The van der Waals surface area contributed by atoms with Crippen LogP contribution in [-0.2, 0) is 0 Å². The fraction of sp³-hybridized carbons (Fsp3) is 0.200. The van der Waals surface area contributed by atoms with Crippen molar-refractivity contribution in [1.82, 2.24) is 0 Å². The maximum Gasteiger partial charge on any atom is 0.165 e. The van der Waals surface area contributed by atoms with Crippen molar-refractivity contribution in [2.24, 2.45) is 5.73 Å². The van der Waals surface area contributed by atoms with Gasteiger partial charge in [0.1, 0.15) is 18.2 Å². The van der Waals surface area contributed by atoms with Gasteiger partial charge in [-0.05, 0) is 18.2 Å². The molecule has 1 aliphatic rings. The van der Waals surface area contributed by atoms with Crippen LogP contribution in [0.1, 0.15) is 11.6 Å². The average molecular weight is 277 g/mol. The third-order valence-corrected chi connectivity index (χ3v) is 3.25. The van der Waals surface area contributed by atoms with E-state index < -0.39 is 23.8 Å². The molecule has 3 nitrogen and oxygen atoms in total. The van der Waals surface area contributed by atoms with Gasteiger partial charge in [0, 0.05) is 11.6 Å². The SMILES string of the molecule is NC1c2ccccc2OCC1Oc1cc(F)ccc1F. The Labute approximate surface area is 114 Å². The van der Waals surface area contributed by atoms with E-state index >= 15 is 0 Å². The van der Waals surface area contributed by atoms with E-state index in [9.17, 15) is 8.78 Å². The zero-order valence-corrected chi connectivity index (χ0v) is 10.6. The van der Waals surface area contributed by atoms with Crippen LogP contribution in [0.2, 0.25) is 0 Å². The molecule has 1 aliphatic heterocycles. The third-order valence-electron chi connectivity index (χ3n) is 3.25. The zero-order chi connectivity index (χ0) is 14.1. The van der Waals surface area contributed by atoms with E-state index in [0.29, 0.717) is 5.75 Å². The van der Waals surface area contributed by atoms with E-state index in [-0.39, 0.29) is 12.4 Å². The van der Waals surface area contributed by atoms with Crippen molar-refractivity contribution in [3.63, 3.8) is 0 Å². The van der Waals surface area contributed by atoms with E-state index in [0.717, 1.165) is 23.8 Å². The first-order valence-electron chi connectivity index (χ1n) is 6.24. The van der Waals surface area contributed by atoms with Crippen molar-refractivity contribution in [3.05, 3.63) is 59.7 Å². The molecular weight excluding hydrogens is 264 g/mol. The highest BCUT2D eigenvalue weighted by Gasteiger charge is 2.30. The minimum absolute atomic E-state index is 0.159. The molecule has 0 radical (unpaired) electrons. The van der Waals surface area contributed by atoms with E-state index in [1.54, 1.807) is 0 Å². The number of hydrogen-bond acceptors (Lipinski definition) is 3. The van der Waals surface area contributed by atoms with E-state index in [1.165, 1.54) is 0 Å². The number of benzene rings is 2. The van der Waals surface area contributed by atoms with Crippen molar-refractivity contribution in [3.8, 4) is 11.5 Å². The molecule has 0 amide bonds. The molecule has 1 heterocycles. The van der Waals surface area contributed by atoms with Gasteiger partial charge >= 0.3 is 0 Å². The lowest BCUT2D eigenvalue weighted by Gasteiger charge is -2.31. The smallest absolute Gasteiger partial charge is 0.165 e. The number of nitrogens with two attached hydrogens (primary N) is 1. The Bertz CT molecular complexity index is 633. The van der Waals surface area contributed by atoms with Gasteiger partial charge in [-0.25, -0.2) is 8.78 Å². The van der Waals surface area contributed by atoms with Gasteiger partial charge in [0.25, 0.3) is 0 Å². The van der Waals surface area contributed by atoms with Crippen molar-refractivity contribution < 1.29 is 18.3 Å². The van der Waals surface area contributed by atoms with Crippen LogP contribution in [0.15, 0.2) is 42.5 Å². The van der Waals surface area contributed by atoms with E-state index in [2.05, 4.69) is 0 Å². The van der Waals surface area contributed by atoms with Crippen LogP contribution < -0.4 is 15.2 Å². The topological polar surface area (TPSA) is 44.5 Å². The normalized spacial score (nSPS) is 20.9. The largest absolute Gasteiger partial charge is 0.489 e. The standard InChI is InChI=1S/C15H13F2NO2/c16-9-5-6-11(17)13(7-9)20-14-8-19-12-4-2-1-3-10(12)15(14)18/h1-7,14-15H,8,18H2. The summed E-state index contributed by atoms with van der Waals surface area (Å²) >= 11 is 0. The summed E-state index contributed by atoms with van der Waals surface area (Å²) in [5.74, 6) is -0.655. The molecule has 104 valence electrons. The van der Waals surface area contributed by atoms with Gasteiger partial charge in [-0.15, -0.1) is 0 Å². The molecule has 0 aromatic heterocycles. The van der Waals surface area contributed by atoms with Gasteiger partial charge in [0.15, 0.2) is 17.7 Å².